The molecule has 1 aliphatic heterocycles. The van der Waals surface area contributed by atoms with Crippen LogP contribution < -0.4 is 10.6 Å². The summed E-state index contributed by atoms with van der Waals surface area (Å²) in [7, 11) is 0. The molecule has 0 bridgehead atoms. The molecular weight excluding hydrogens is 392 g/mol. The van der Waals surface area contributed by atoms with Gasteiger partial charge in [-0.3, -0.25) is 10.1 Å². The Morgan fingerprint density at radius 2 is 2.24 bits per heavy atom. The van der Waals surface area contributed by atoms with Gasteiger partial charge in [0, 0.05) is 27.5 Å². The zero-order valence-electron chi connectivity index (χ0n) is 11.6. The standard InChI is InChI=1S/C14H19BrN2OS2.ClH/c15-11-5-1-2-6-13(11)20-8-4-3-7-16-14(18)12-9-19-10-17-12;/h1-2,5-6,12,17H,3-4,7-10H2,(H,16,18);1H. The maximum absolute atomic E-state index is 11.7. The molecule has 21 heavy (non-hydrogen) atoms. The van der Waals surface area contributed by atoms with Crippen molar-refractivity contribution in [3.63, 3.8) is 0 Å². The predicted octanol–water partition coefficient (Wildman–Crippen LogP) is 3.52. The zero-order chi connectivity index (χ0) is 14.2. The fourth-order valence-corrected chi connectivity index (χ4v) is 4.39. The van der Waals surface area contributed by atoms with Gasteiger partial charge >= 0.3 is 0 Å². The van der Waals surface area contributed by atoms with Crippen LogP contribution in [0.3, 0.4) is 0 Å². The Kier molecular flexibility index (Phi) is 9.84. The largest absolute Gasteiger partial charge is 0.355 e. The average molecular weight is 412 g/mol. The predicted molar refractivity (Wildman–Crippen MR) is 98.6 cm³/mol. The number of rotatable bonds is 7. The van der Waals surface area contributed by atoms with Crippen molar-refractivity contribution in [3.05, 3.63) is 28.7 Å². The molecule has 1 unspecified atom stereocenters. The van der Waals surface area contributed by atoms with Gasteiger partial charge in [0.05, 0.1) is 6.04 Å². The second kappa shape index (κ2) is 10.8. The van der Waals surface area contributed by atoms with E-state index in [-0.39, 0.29) is 24.4 Å². The highest BCUT2D eigenvalue weighted by Gasteiger charge is 2.21. The minimum absolute atomic E-state index is 0. The molecule has 0 aromatic heterocycles. The van der Waals surface area contributed by atoms with Gasteiger partial charge in [0.1, 0.15) is 0 Å². The molecule has 1 fully saturated rings. The second-order valence-electron chi connectivity index (χ2n) is 4.55. The van der Waals surface area contributed by atoms with Gasteiger partial charge in [-0.1, -0.05) is 12.1 Å². The Balaban J connectivity index is 0.00000220. The van der Waals surface area contributed by atoms with E-state index >= 15 is 0 Å². The highest BCUT2D eigenvalue weighted by atomic mass is 79.9. The minimum atomic E-state index is 0. The molecule has 7 heteroatoms. The summed E-state index contributed by atoms with van der Waals surface area (Å²) in [6.07, 6.45) is 2.14. The van der Waals surface area contributed by atoms with Crippen LogP contribution in [0.2, 0.25) is 0 Å². The summed E-state index contributed by atoms with van der Waals surface area (Å²) in [5.41, 5.74) is 0. The molecule has 1 saturated heterocycles. The summed E-state index contributed by atoms with van der Waals surface area (Å²) in [5, 5.41) is 6.18. The maximum Gasteiger partial charge on any atom is 0.238 e. The fraction of sp³-hybridized carbons (Fsp3) is 0.500. The lowest BCUT2D eigenvalue weighted by Crippen LogP contribution is -2.42. The molecule has 1 atom stereocenters. The van der Waals surface area contributed by atoms with E-state index in [2.05, 4.69) is 44.8 Å². The summed E-state index contributed by atoms with van der Waals surface area (Å²) in [6.45, 7) is 0.776. The molecule has 118 valence electrons. The van der Waals surface area contributed by atoms with E-state index in [9.17, 15) is 4.79 Å². The zero-order valence-corrected chi connectivity index (χ0v) is 15.7. The van der Waals surface area contributed by atoms with E-state index in [4.69, 9.17) is 0 Å². The van der Waals surface area contributed by atoms with E-state index in [1.807, 2.05) is 17.8 Å². The van der Waals surface area contributed by atoms with Gasteiger partial charge in [-0.2, -0.15) is 0 Å². The molecular formula is C14H20BrClN2OS2. The molecule has 1 amide bonds. The van der Waals surface area contributed by atoms with E-state index in [1.54, 1.807) is 11.8 Å². The van der Waals surface area contributed by atoms with Crippen molar-refractivity contribution in [2.45, 2.75) is 23.8 Å². The molecule has 1 aromatic carbocycles. The lowest BCUT2D eigenvalue weighted by atomic mass is 10.3. The van der Waals surface area contributed by atoms with Gasteiger partial charge < -0.3 is 5.32 Å². The first kappa shape index (κ1) is 19.2. The molecule has 1 aromatic rings. The van der Waals surface area contributed by atoms with E-state index in [0.29, 0.717) is 0 Å². The van der Waals surface area contributed by atoms with Crippen molar-refractivity contribution in [1.82, 2.24) is 10.6 Å². The van der Waals surface area contributed by atoms with Crippen molar-refractivity contribution < 1.29 is 4.79 Å². The molecule has 0 saturated carbocycles. The number of nitrogens with one attached hydrogen (secondary N) is 2. The maximum atomic E-state index is 11.7. The number of carbonyl (C=O) groups excluding carboxylic acids is 1. The molecule has 2 rings (SSSR count). The summed E-state index contributed by atoms with van der Waals surface area (Å²) < 4.78 is 1.16. The fourth-order valence-electron chi connectivity index (χ4n) is 1.87. The lowest BCUT2D eigenvalue weighted by molar-refractivity contribution is -0.122. The third-order valence-electron chi connectivity index (χ3n) is 3.00. The van der Waals surface area contributed by atoms with E-state index in [0.717, 1.165) is 41.2 Å². The minimum Gasteiger partial charge on any atom is -0.355 e. The molecule has 0 aliphatic carbocycles. The van der Waals surface area contributed by atoms with Gasteiger partial charge in [0.15, 0.2) is 0 Å². The Hall–Kier alpha value is 0.120. The normalized spacial score (nSPS) is 17.3. The molecule has 2 N–H and O–H groups in total. The second-order valence-corrected chi connectivity index (χ2v) is 7.57. The summed E-state index contributed by atoms with van der Waals surface area (Å²) >= 11 is 7.18. The molecule has 0 radical (unpaired) electrons. The van der Waals surface area contributed by atoms with Crippen molar-refractivity contribution in [3.8, 4) is 0 Å². The summed E-state index contributed by atoms with van der Waals surface area (Å²) in [5.74, 6) is 3.01. The summed E-state index contributed by atoms with van der Waals surface area (Å²) in [4.78, 5) is 13.0. The van der Waals surface area contributed by atoms with Crippen molar-refractivity contribution in [1.29, 1.82) is 0 Å². The number of carbonyl (C=O) groups is 1. The molecule has 3 nitrogen and oxygen atoms in total. The molecule has 1 aliphatic rings. The first-order chi connectivity index (χ1) is 9.77. The van der Waals surface area contributed by atoms with Gasteiger partial charge in [-0.15, -0.1) is 35.9 Å². The number of hydrogen-bond donors (Lipinski definition) is 2. The third-order valence-corrected chi connectivity index (χ3v) is 6.05. The molecule has 1 heterocycles. The molecule has 0 spiro atoms. The highest BCUT2D eigenvalue weighted by Crippen LogP contribution is 2.27. The van der Waals surface area contributed by atoms with Crippen molar-refractivity contribution in [2.24, 2.45) is 0 Å². The number of unbranched alkanes of at least 4 members (excludes halogenated alkanes) is 1. The number of thioether (sulfide) groups is 2. The smallest absolute Gasteiger partial charge is 0.238 e. The first-order valence-corrected chi connectivity index (χ1v) is 9.67. The van der Waals surface area contributed by atoms with Crippen LogP contribution in [0.25, 0.3) is 0 Å². The van der Waals surface area contributed by atoms with Crippen LogP contribution in [0.5, 0.6) is 0 Å². The van der Waals surface area contributed by atoms with Crippen LogP contribution in [0.15, 0.2) is 33.6 Å². The lowest BCUT2D eigenvalue weighted by Gasteiger charge is -2.10. The monoisotopic (exact) mass is 410 g/mol. The van der Waals surface area contributed by atoms with Gasteiger partial charge in [0.2, 0.25) is 5.91 Å². The van der Waals surface area contributed by atoms with Crippen molar-refractivity contribution >= 4 is 57.8 Å². The Morgan fingerprint density at radius 3 is 2.95 bits per heavy atom. The number of hydrogen-bond acceptors (Lipinski definition) is 4. The highest BCUT2D eigenvalue weighted by molar-refractivity contribution is 9.10. The van der Waals surface area contributed by atoms with Gasteiger partial charge in [0.25, 0.3) is 0 Å². The van der Waals surface area contributed by atoms with Crippen molar-refractivity contribution in [2.75, 3.05) is 23.9 Å². The van der Waals surface area contributed by atoms with Crippen LogP contribution >= 0.6 is 51.9 Å². The third kappa shape index (κ3) is 6.82. The van der Waals surface area contributed by atoms with Crippen LogP contribution in [-0.2, 0) is 4.79 Å². The van der Waals surface area contributed by atoms with E-state index < -0.39 is 0 Å². The summed E-state index contributed by atoms with van der Waals surface area (Å²) in [6, 6.07) is 8.28. The topological polar surface area (TPSA) is 41.1 Å². The SMILES string of the molecule is Cl.O=C(NCCCCSc1ccccc1Br)C1CSCN1. The van der Waals surface area contributed by atoms with Crippen LogP contribution in [-0.4, -0.2) is 35.9 Å². The van der Waals surface area contributed by atoms with Crippen LogP contribution in [0, 0.1) is 0 Å². The first-order valence-electron chi connectivity index (χ1n) is 6.73. The van der Waals surface area contributed by atoms with Crippen LogP contribution in [0.1, 0.15) is 12.8 Å². The quantitative estimate of drug-likeness (QED) is 0.532. The number of benzene rings is 1. The van der Waals surface area contributed by atoms with Crippen LogP contribution in [0.4, 0.5) is 0 Å². The Bertz CT molecular complexity index is 445. The number of amides is 1. The van der Waals surface area contributed by atoms with E-state index in [1.165, 1.54) is 4.90 Å². The van der Waals surface area contributed by atoms with Gasteiger partial charge in [-0.25, -0.2) is 0 Å². The Morgan fingerprint density at radius 1 is 1.43 bits per heavy atom. The average Bonchev–Trinajstić information content (AvgIpc) is 2.98. The number of halogens is 2. The Labute approximate surface area is 149 Å². The van der Waals surface area contributed by atoms with Gasteiger partial charge in [-0.05, 0) is 46.7 Å².